The Morgan fingerprint density at radius 3 is 2.50 bits per heavy atom. The largest absolute Gasteiger partial charge is 0.392 e. The first-order chi connectivity index (χ1) is 10.5. The van der Waals surface area contributed by atoms with E-state index in [2.05, 4.69) is 11.8 Å². The molecule has 0 aliphatic heterocycles. The summed E-state index contributed by atoms with van der Waals surface area (Å²) in [6.07, 6.45) is 5.38. The molecule has 1 N–H and O–H groups in total. The number of benzene rings is 1. The van der Waals surface area contributed by atoms with Gasteiger partial charge in [-0.2, -0.15) is 0 Å². The molecule has 0 radical (unpaired) electrons. The molecule has 2 rings (SSSR count). The van der Waals surface area contributed by atoms with Crippen molar-refractivity contribution in [2.75, 3.05) is 19.8 Å². The number of hydrogen-bond acceptors (Lipinski definition) is 3. The third kappa shape index (κ3) is 4.40. The Bertz CT molecular complexity index is 498. The van der Waals surface area contributed by atoms with Crippen LogP contribution in [0.25, 0.3) is 0 Å². The highest BCUT2D eigenvalue weighted by Gasteiger charge is 2.25. The van der Waals surface area contributed by atoms with Crippen molar-refractivity contribution in [1.82, 2.24) is 4.90 Å². The molecule has 1 saturated carbocycles. The molecule has 4 heteroatoms. The van der Waals surface area contributed by atoms with E-state index in [0.717, 1.165) is 23.3 Å². The molecule has 0 bridgehead atoms. The maximum atomic E-state index is 12.8. The van der Waals surface area contributed by atoms with Crippen LogP contribution in [0.3, 0.4) is 0 Å². The van der Waals surface area contributed by atoms with Crippen molar-refractivity contribution >= 4 is 10.8 Å². The SMILES string of the molecule is C[C@H](c1ccccc1[S@@](=O)C[C@@H](O)C1CCCCC1)N(C)C. The highest BCUT2D eigenvalue weighted by molar-refractivity contribution is 7.85. The van der Waals surface area contributed by atoms with Gasteiger partial charge in [-0.3, -0.25) is 4.21 Å². The second-order valence-corrected chi connectivity index (χ2v) is 8.12. The lowest BCUT2D eigenvalue weighted by atomic mass is 9.86. The van der Waals surface area contributed by atoms with Gasteiger partial charge in [-0.1, -0.05) is 37.5 Å². The van der Waals surface area contributed by atoms with Gasteiger partial charge in [-0.05, 0) is 51.4 Å². The van der Waals surface area contributed by atoms with Crippen LogP contribution >= 0.6 is 0 Å². The van der Waals surface area contributed by atoms with Crippen molar-refractivity contribution in [1.29, 1.82) is 0 Å². The molecule has 3 atom stereocenters. The second-order valence-electron chi connectivity index (χ2n) is 6.66. The zero-order valence-corrected chi connectivity index (χ0v) is 14.8. The minimum Gasteiger partial charge on any atom is -0.392 e. The minimum atomic E-state index is -1.14. The van der Waals surface area contributed by atoms with E-state index in [1.165, 1.54) is 19.3 Å². The van der Waals surface area contributed by atoms with E-state index in [-0.39, 0.29) is 6.04 Å². The summed E-state index contributed by atoms with van der Waals surface area (Å²) in [4.78, 5) is 2.99. The number of rotatable bonds is 6. The van der Waals surface area contributed by atoms with Gasteiger partial charge in [0.05, 0.1) is 22.7 Å². The topological polar surface area (TPSA) is 40.5 Å². The third-order valence-electron chi connectivity index (χ3n) is 4.91. The van der Waals surface area contributed by atoms with Crippen LogP contribution in [-0.4, -0.2) is 40.2 Å². The third-order valence-corrected chi connectivity index (χ3v) is 6.41. The standard InChI is InChI=1S/C18H29NO2S/c1-14(19(2)3)16-11-7-8-12-18(16)22(21)13-17(20)15-9-5-4-6-10-15/h7-8,11-12,14-15,17,20H,4-6,9-10,13H2,1-3H3/t14-,17-,22+/m1/s1. The van der Waals surface area contributed by atoms with Crippen LogP contribution < -0.4 is 0 Å². The van der Waals surface area contributed by atoms with Crippen LogP contribution in [0, 0.1) is 5.92 Å². The molecular weight excluding hydrogens is 294 g/mol. The molecule has 0 spiro atoms. The first-order valence-electron chi connectivity index (χ1n) is 8.32. The van der Waals surface area contributed by atoms with Crippen molar-refractivity contribution in [3.63, 3.8) is 0 Å². The molecule has 1 fully saturated rings. The van der Waals surface area contributed by atoms with Crippen molar-refractivity contribution in [2.24, 2.45) is 5.92 Å². The Balaban J connectivity index is 2.09. The summed E-state index contributed by atoms with van der Waals surface area (Å²) in [6, 6.07) is 8.14. The summed E-state index contributed by atoms with van der Waals surface area (Å²) < 4.78 is 12.8. The van der Waals surface area contributed by atoms with Gasteiger partial charge < -0.3 is 10.0 Å². The average molecular weight is 324 g/mol. The smallest absolute Gasteiger partial charge is 0.0687 e. The lowest BCUT2D eigenvalue weighted by molar-refractivity contribution is 0.104. The molecule has 0 saturated heterocycles. The number of aliphatic hydroxyl groups excluding tert-OH is 1. The van der Waals surface area contributed by atoms with Crippen molar-refractivity contribution in [3.8, 4) is 0 Å². The van der Waals surface area contributed by atoms with Crippen LogP contribution in [0.15, 0.2) is 29.2 Å². The van der Waals surface area contributed by atoms with E-state index in [1.54, 1.807) is 0 Å². The second kappa shape index (κ2) is 8.23. The minimum absolute atomic E-state index is 0.215. The van der Waals surface area contributed by atoms with Gasteiger partial charge in [0.15, 0.2) is 0 Å². The Labute approximate surface area is 137 Å². The van der Waals surface area contributed by atoms with Crippen LogP contribution in [0.5, 0.6) is 0 Å². The van der Waals surface area contributed by atoms with Crippen LogP contribution in [-0.2, 0) is 10.8 Å². The van der Waals surface area contributed by atoms with E-state index in [4.69, 9.17) is 0 Å². The maximum Gasteiger partial charge on any atom is 0.0687 e. The van der Waals surface area contributed by atoms with E-state index in [9.17, 15) is 9.32 Å². The van der Waals surface area contributed by atoms with Crippen molar-refractivity contribution in [2.45, 2.75) is 56.1 Å². The predicted octanol–water partition coefficient (Wildman–Crippen LogP) is 3.36. The summed E-state index contributed by atoms with van der Waals surface area (Å²) in [5.41, 5.74) is 1.10. The summed E-state index contributed by atoms with van der Waals surface area (Å²) in [6.45, 7) is 2.12. The fourth-order valence-electron chi connectivity index (χ4n) is 3.21. The maximum absolute atomic E-state index is 12.8. The van der Waals surface area contributed by atoms with Gasteiger partial charge in [0.2, 0.25) is 0 Å². The summed E-state index contributed by atoms with van der Waals surface area (Å²) >= 11 is 0. The van der Waals surface area contributed by atoms with Crippen molar-refractivity contribution < 1.29 is 9.32 Å². The number of hydrogen-bond donors (Lipinski definition) is 1. The van der Waals surface area contributed by atoms with Crippen LogP contribution in [0.2, 0.25) is 0 Å². The van der Waals surface area contributed by atoms with E-state index < -0.39 is 16.9 Å². The Morgan fingerprint density at radius 1 is 1.23 bits per heavy atom. The van der Waals surface area contributed by atoms with E-state index >= 15 is 0 Å². The van der Waals surface area contributed by atoms with Crippen molar-refractivity contribution in [3.05, 3.63) is 29.8 Å². The molecule has 0 aromatic heterocycles. The van der Waals surface area contributed by atoms with Gasteiger partial charge in [-0.15, -0.1) is 0 Å². The lowest BCUT2D eigenvalue weighted by Crippen LogP contribution is -2.29. The van der Waals surface area contributed by atoms with E-state index in [1.807, 2.05) is 38.4 Å². The Hall–Kier alpha value is -0.710. The highest BCUT2D eigenvalue weighted by atomic mass is 32.2. The highest BCUT2D eigenvalue weighted by Crippen LogP contribution is 2.29. The number of aliphatic hydroxyl groups is 1. The fraction of sp³-hybridized carbons (Fsp3) is 0.667. The molecule has 0 heterocycles. The average Bonchev–Trinajstić information content (AvgIpc) is 2.54. The molecule has 124 valence electrons. The Kier molecular flexibility index (Phi) is 6.60. The molecule has 1 aromatic rings. The summed E-state index contributed by atoms with van der Waals surface area (Å²) in [7, 11) is 2.92. The molecule has 1 aromatic carbocycles. The monoisotopic (exact) mass is 323 g/mol. The van der Waals surface area contributed by atoms with Gasteiger partial charge in [0.1, 0.15) is 0 Å². The summed E-state index contributed by atoms with van der Waals surface area (Å²) in [5, 5.41) is 10.4. The van der Waals surface area contributed by atoms with Crippen LogP contribution in [0.1, 0.15) is 50.6 Å². The zero-order valence-electron chi connectivity index (χ0n) is 14.0. The molecule has 0 amide bonds. The number of nitrogens with zero attached hydrogens (tertiary/aromatic N) is 1. The molecule has 0 unspecified atom stereocenters. The van der Waals surface area contributed by atoms with Gasteiger partial charge in [0.25, 0.3) is 0 Å². The zero-order chi connectivity index (χ0) is 16.1. The Morgan fingerprint density at radius 2 is 1.86 bits per heavy atom. The lowest BCUT2D eigenvalue weighted by Gasteiger charge is -2.27. The van der Waals surface area contributed by atoms with Gasteiger partial charge in [0, 0.05) is 10.9 Å². The molecule has 22 heavy (non-hydrogen) atoms. The molecule has 1 aliphatic rings. The molecule has 3 nitrogen and oxygen atoms in total. The first kappa shape index (κ1) is 17.6. The van der Waals surface area contributed by atoms with Gasteiger partial charge >= 0.3 is 0 Å². The fourth-order valence-corrected chi connectivity index (χ4v) is 4.70. The van der Waals surface area contributed by atoms with E-state index in [0.29, 0.717) is 11.7 Å². The summed E-state index contributed by atoms with van der Waals surface area (Å²) in [5.74, 6) is 0.693. The first-order valence-corrected chi connectivity index (χ1v) is 9.64. The van der Waals surface area contributed by atoms with Gasteiger partial charge in [-0.25, -0.2) is 0 Å². The van der Waals surface area contributed by atoms with Crippen LogP contribution in [0.4, 0.5) is 0 Å². The predicted molar refractivity (Wildman–Crippen MR) is 92.4 cm³/mol. The molecule has 1 aliphatic carbocycles. The quantitative estimate of drug-likeness (QED) is 0.873. The normalized spacial score (nSPS) is 20.8. The molecular formula is C18H29NO2S.